The number of rotatable bonds is 7. The van der Waals surface area contributed by atoms with Gasteiger partial charge in [0.05, 0.1) is 12.8 Å². The Kier molecular flexibility index (Phi) is 7.76. The number of hydrogen-bond donors (Lipinski definition) is 2. The van der Waals surface area contributed by atoms with Crippen molar-refractivity contribution in [3.8, 4) is 11.4 Å². The van der Waals surface area contributed by atoms with E-state index in [0.717, 1.165) is 22.4 Å². The largest absolute Gasteiger partial charge is 0.496 e. The van der Waals surface area contributed by atoms with Crippen LogP contribution in [0.4, 0.5) is 0 Å². The van der Waals surface area contributed by atoms with Crippen molar-refractivity contribution in [1.29, 1.82) is 0 Å². The van der Waals surface area contributed by atoms with Gasteiger partial charge in [0.1, 0.15) is 36.6 Å². The molecular weight excluding hydrogens is 561 g/mol. The average molecular weight is 589 g/mol. The lowest BCUT2D eigenvalue weighted by molar-refractivity contribution is -0.596. The molecule has 2 N–H and O–H groups in total. The number of nitrogens with zero attached hydrogens (tertiary/aromatic N) is 3. The SMILES string of the molecule is COc1cc(C(C)=C2OCC(=O)N3C(c4ccc(Cl)cc4)=COC[C@H]23)ccc1-[n+]1cc(C)n(COP(=O)(O)O)c1. The van der Waals surface area contributed by atoms with Crippen molar-refractivity contribution in [2.75, 3.05) is 20.3 Å². The minimum atomic E-state index is -4.61. The van der Waals surface area contributed by atoms with E-state index in [0.29, 0.717) is 27.9 Å². The number of amides is 1. The molecule has 2 aliphatic rings. The summed E-state index contributed by atoms with van der Waals surface area (Å²) < 4.78 is 36.5. The third-order valence-corrected chi connectivity index (χ3v) is 7.45. The third kappa shape index (κ3) is 5.65. The number of morpholine rings is 1. The Morgan fingerprint density at radius 3 is 2.67 bits per heavy atom. The fraction of sp³-hybridized carbons (Fsp3) is 0.259. The molecule has 3 heterocycles. The minimum absolute atomic E-state index is 0.108. The first-order chi connectivity index (χ1) is 19.1. The van der Waals surface area contributed by atoms with Crippen LogP contribution in [-0.4, -0.2) is 51.5 Å². The Morgan fingerprint density at radius 2 is 1.98 bits per heavy atom. The molecule has 210 valence electrons. The van der Waals surface area contributed by atoms with Crippen molar-refractivity contribution in [2.24, 2.45) is 0 Å². The van der Waals surface area contributed by atoms with Crippen molar-refractivity contribution in [1.82, 2.24) is 9.47 Å². The molecule has 1 amide bonds. The van der Waals surface area contributed by atoms with Gasteiger partial charge in [-0.15, -0.1) is 0 Å². The van der Waals surface area contributed by atoms with Gasteiger partial charge in [0.25, 0.3) is 12.2 Å². The van der Waals surface area contributed by atoms with Gasteiger partial charge in [0.15, 0.2) is 18.0 Å². The molecule has 0 unspecified atom stereocenters. The van der Waals surface area contributed by atoms with Crippen LogP contribution in [0.1, 0.15) is 23.7 Å². The topological polar surface area (TPSA) is 124 Å². The molecule has 1 aromatic heterocycles. The fourth-order valence-corrected chi connectivity index (χ4v) is 5.13. The lowest BCUT2D eigenvalue weighted by Crippen LogP contribution is -2.51. The van der Waals surface area contributed by atoms with Gasteiger partial charge < -0.3 is 24.0 Å². The van der Waals surface area contributed by atoms with E-state index in [1.54, 1.807) is 59.0 Å². The molecule has 2 aromatic carbocycles. The normalized spacial score (nSPS) is 18.4. The number of halogens is 1. The highest BCUT2D eigenvalue weighted by molar-refractivity contribution is 7.46. The number of carbonyl (C=O) groups is 1. The standard InChI is InChI=1S/C27H27ClN3O8P/c1-17-11-29(15-30(17)16-39-40(33,34)35)22-9-6-20(10-25(22)36-3)18(2)27-24-13-37-12-23(31(24)26(32)14-38-27)19-4-7-21(28)8-5-19/h4-12,15,24H,13-14,16H2,1-3H3,(H-,33,34,35)/p+1/t24-/m1/s1. The maximum absolute atomic E-state index is 13.0. The van der Waals surface area contributed by atoms with E-state index in [1.807, 2.05) is 37.3 Å². The molecule has 1 saturated heterocycles. The molecule has 0 bridgehead atoms. The Hall–Kier alpha value is -3.60. The summed E-state index contributed by atoms with van der Waals surface area (Å²) in [6.07, 6.45) is 5.04. The molecule has 1 atom stereocenters. The number of aromatic nitrogens is 2. The highest BCUT2D eigenvalue weighted by Gasteiger charge is 2.40. The van der Waals surface area contributed by atoms with Crippen molar-refractivity contribution >= 4 is 36.6 Å². The molecule has 2 aliphatic heterocycles. The predicted molar refractivity (Wildman–Crippen MR) is 145 cm³/mol. The molecule has 0 saturated carbocycles. The molecule has 3 aromatic rings. The van der Waals surface area contributed by atoms with Crippen molar-refractivity contribution in [2.45, 2.75) is 26.6 Å². The Balaban J connectivity index is 1.46. The number of hydrogen-bond acceptors (Lipinski definition) is 6. The van der Waals surface area contributed by atoms with Crippen molar-refractivity contribution < 1.29 is 42.4 Å². The summed E-state index contributed by atoms with van der Waals surface area (Å²) in [5, 5.41) is 0.596. The monoisotopic (exact) mass is 588 g/mol. The fourth-order valence-electron chi connectivity index (χ4n) is 4.73. The summed E-state index contributed by atoms with van der Waals surface area (Å²) >= 11 is 6.06. The van der Waals surface area contributed by atoms with E-state index in [9.17, 15) is 9.36 Å². The maximum atomic E-state index is 13.0. The zero-order valence-corrected chi connectivity index (χ0v) is 23.6. The summed E-state index contributed by atoms with van der Waals surface area (Å²) in [6.45, 7) is 3.54. The summed E-state index contributed by atoms with van der Waals surface area (Å²) in [6, 6.07) is 12.4. The molecule has 40 heavy (non-hydrogen) atoms. The molecule has 11 nitrogen and oxygen atoms in total. The van der Waals surface area contributed by atoms with Crippen molar-refractivity contribution in [3.05, 3.63) is 88.9 Å². The summed E-state index contributed by atoms with van der Waals surface area (Å²) in [7, 11) is -3.05. The summed E-state index contributed by atoms with van der Waals surface area (Å²) in [5.74, 6) is 1.01. The quantitative estimate of drug-likeness (QED) is 0.316. The first kappa shape index (κ1) is 27.9. The number of allylic oxidation sites excluding steroid dienone is 1. The van der Waals surface area contributed by atoms with E-state index >= 15 is 0 Å². The Labute approximate surface area is 235 Å². The van der Waals surface area contributed by atoms with Crippen molar-refractivity contribution in [3.63, 3.8) is 0 Å². The molecule has 0 radical (unpaired) electrons. The summed E-state index contributed by atoms with van der Waals surface area (Å²) in [5.41, 5.74) is 4.52. The van der Waals surface area contributed by atoms with E-state index in [-0.39, 0.29) is 25.9 Å². The first-order valence-electron chi connectivity index (χ1n) is 12.3. The van der Waals surface area contributed by atoms with Gasteiger partial charge in [-0.1, -0.05) is 29.8 Å². The van der Waals surface area contributed by atoms with E-state index in [2.05, 4.69) is 4.52 Å². The number of fused-ring (bicyclic) bond motifs is 1. The second-order valence-electron chi connectivity index (χ2n) is 9.30. The second kappa shape index (κ2) is 11.1. The van der Waals surface area contributed by atoms with Crippen LogP contribution in [-0.2, 0) is 30.1 Å². The molecule has 1 fully saturated rings. The van der Waals surface area contributed by atoms with Crippen LogP contribution in [0.15, 0.2) is 67.0 Å². The van der Waals surface area contributed by atoms with Crippen LogP contribution < -0.4 is 9.30 Å². The Bertz CT molecular complexity index is 1560. The van der Waals surface area contributed by atoms with Crippen LogP contribution in [0.25, 0.3) is 17.0 Å². The minimum Gasteiger partial charge on any atom is -0.496 e. The predicted octanol–water partition coefficient (Wildman–Crippen LogP) is 3.79. The van der Waals surface area contributed by atoms with Gasteiger partial charge >= 0.3 is 7.82 Å². The number of ether oxygens (including phenoxy) is 3. The lowest BCUT2D eigenvalue weighted by atomic mass is 9.98. The van der Waals surface area contributed by atoms with Crippen LogP contribution >= 0.6 is 19.4 Å². The van der Waals surface area contributed by atoms with E-state index in [1.165, 1.54) is 0 Å². The zero-order chi connectivity index (χ0) is 28.6. The smallest absolute Gasteiger partial charge is 0.472 e. The number of imidazole rings is 1. The Morgan fingerprint density at radius 1 is 1.23 bits per heavy atom. The lowest BCUT2D eigenvalue weighted by Gasteiger charge is -2.41. The van der Waals surface area contributed by atoms with Crippen LogP contribution in [0, 0.1) is 6.92 Å². The van der Waals surface area contributed by atoms with Gasteiger partial charge in [-0.3, -0.25) is 9.69 Å². The molecule has 13 heteroatoms. The molecule has 0 aliphatic carbocycles. The molecule has 0 spiro atoms. The second-order valence-corrected chi connectivity index (χ2v) is 11.0. The number of phosphoric acid groups is 1. The molecule has 5 rings (SSSR count). The van der Waals surface area contributed by atoms with E-state index in [4.69, 9.17) is 35.6 Å². The van der Waals surface area contributed by atoms with Gasteiger partial charge in [0, 0.05) is 17.5 Å². The number of carbonyl (C=O) groups excluding carboxylic acids is 1. The first-order valence-corrected chi connectivity index (χ1v) is 14.2. The van der Waals surface area contributed by atoms with Gasteiger partial charge in [-0.25, -0.2) is 13.7 Å². The van der Waals surface area contributed by atoms with Gasteiger partial charge in [0.2, 0.25) is 6.73 Å². The number of benzene rings is 2. The third-order valence-electron chi connectivity index (χ3n) is 6.75. The number of aryl methyl sites for hydroxylation is 1. The highest BCUT2D eigenvalue weighted by atomic mass is 35.5. The molecular formula is C27H28ClN3O8P+. The highest BCUT2D eigenvalue weighted by Crippen LogP contribution is 2.37. The number of methoxy groups -OCH3 is 1. The van der Waals surface area contributed by atoms with Gasteiger partial charge in [-0.2, -0.15) is 4.57 Å². The van der Waals surface area contributed by atoms with Crippen LogP contribution in [0.5, 0.6) is 5.75 Å². The van der Waals surface area contributed by atoms with Crippen LogP contribution in [0.2, 0.25) is 5.02 Å². The van der Waals surface area contributed by atoms with Gasteiger partial charge in [-0.05, 0) is 42.3 Å². The zero-order valence-electron chi connectivity index (χ0n) is 22.0. The maximum Gasteiger partial charge on any atom is 0.472 e. The summed E-state index contributed by atoms with van der Waals surface area (Å²) in [4.78, 5) is 32.8. The number of phosphoric ester groups is 1. The average Bonchev–Trinajstić information content (AvgIpc) is 3.31. The van der Waals surface area contributed by atoms with E-state index < -0.39 is 13.9 Å². The van der Waals surface area contributed by atoms with Crippen LogP contribution in [0.3, 0.4) is 0 Å².